The van der Waals surface area contributed by atoms with Crippen molar-refractivity contribution in [3.05, 3.63) is 17.5 Å². The number of hydrogen-bond donors (Lipinski definition) is 1. The van der Waals surface area contributed by atoms with Crippen LogP contribution in [0.3, 0.4) is 0 Å². The second-order valence-corrected chi connectivity index (χ2v) is 5.06. The van der Waals surface area contributed by atoms with Gasteiger partial charge in [-0.3, -0.25) is 4.68 Å². The smallest absolute Gasteiger partial charge is 0.354 e. The fraction of sp³-hybridized carbons (Fsp3) is 0.692. The lowest BCUT2D eigenvalue weighted by Crippen LogP contribution is -2.35. The van der Waals surface area contributed by atoms with Crippen LogP contribution in [0.5, 0.6) is 0 Å². The molecule has 1 aromatic heterocycles. The minimum Gasteiger partial charge on any atom is -0.477 e. The Morgan fingerprint density at radius 2 is 2.39 bits per heavy atom. The number of aromatic nitrogens is 2. The van der Waals surface area contributed by atoms with Crippen LogP contribution in [0.4, 0.5) is 0 Å². The van der Waals surface area contributed by atoms with Crippen molar-refractivity contribution in [2.24, 2.45) is 13.0 Å². The highest BCUT2D eigenvalue weighted by Crippen LogP contribution is 2.20. The fourth-order valence-electron chi connectivity index (χ4n) is 2.73. The number of carboxylic acid groups (broad SMARTS) is 1. The van der Waals surface area contributed by atoms with Crippen LogP contribution in [0.1, 0.15) is 35.9 Å². The Hall–Kier alpha value is -1.36. The molecule has 1 atom stereocenters. The fourth-order valence-corrected chi connectivity index (χ4v) is 2.73. The lowest BCUT2D eigenvalue weighted by atomic mass is 9.93. The Morgan fingerprint density at radius 3 is 3.00 bits per heavy atom. The summed E-state index contributed by atoms with van der Waals surface area (Å²) in [5, 5.41) is 13.3. The number of aromatic carboxylic acids is 1. The maximum absolute atomic E-state index is 11.0. The minimum atomic E-state index is -0.907. The zero-order valence-corrected chi connectivity index (χ0v) is 11.1. The van der Waals surface area contributed by atoms with E-state index in [0.29, 0.717) is 5.92 Å². The first-order valence-electron chi connectivity index (χ1n) is 6.58. The van der Waals surface area contributed by atoms with Crippen LogP contribution in [-0.4, -0.2) is 45.4 Å². The van der Waals surface area contributed by atoms with Gasteiger partial charge in [0, 0.05) is 13.6 Å². The van der Waals surface area contributed by atoms with Crippen molar-refractivity contribution in [2.75, 3.05) is 19.6 Å². The van der Waals surface area contributed by atoms with Gasteiger partial charge in [-0.25, -0.2) is 4.79 Å². The quantitative estimate of drug-likeness (QED) is 0.878. The average molecular weight is 251 g/mol. The molecule has 100 valence electrons. The van der Waals surface area contributed by atoms with Gasteiger partial charge in [0.15, 0.2) is 0 Å². The second kappa shape index (κ2) is 5.52. The van der Waals surface area contributed by atoms with Crippen LogP contribution in [0.15, 0.2) is 6.07 Å². The van der Waals surface area contributed by atoms with Crippen molar-refractivity contribution in [1.29, 1.82) is 0 Å². The third kappa shape index (κ3) is 2.90. The molecular weight excluding hydrogens is 230 g/mol. The van der Waals surface area contributed by atoms with E-state index in [1.165, 1.54) is 24.1 Å². The first kappa shape index (κ1) is 13.1. The molecule has 1 unspecified atom stereocenters. The molecule has 0 amide bonds. The van der Waals surface area contributed by atoms with Crippen molar-refractivity contribution < 1.29 is 9.90 Å². The molecule has 1 saturated heterocycles. The van der Waals surface area contributed by atoms with Gasteiger partial charge < -0.3 is 10.0 Å². The number of rotatable bonds is 4. The van der Waals surface area contributed by atoms with Crippen molar-refractivity contribution >= 4 is 5.97 Å². The summed E-state index contributed by atoms with van der Waals surface area (Å²) < 4.78 is 1.46. The van der Waals surface area contributed by atoms with Gasteiger partial charge in [-0.15, -0.1) is 0 Å². The Morgan fingerprint density at radius 1 is 1.61 bits per heavy atom. The molecule has 1 fully saturated rings. The zero-order valence-electron chi connectivity index (χ0n) is 11.1. The molecule has 1 aliphatic heterocycles. The number of carboxylic acids is 1. The maximum Gasteiger partial charge on any atom is 0.354 e. The number of nitrogens with zero attached hydrogens (tertiary/aromatic N) is 3. The van der Waals surface area contributed by atoms with Crippen molar-refractivity contribution in [3.63, 3.8) is 0 Å². The molecule has 5 nitrogen and oxygen atoms in total. The molecule has 0 aromatic carbocycles. The van der Waals surface area contributed by atoms with E-state index in [4.69, 9.17) is 5.11 Å². The molecule has 5 heteroatoms. The van der Waals surface area contributed by atoms with Gasteiger partial charge in [-0.05, 0) is 44.3 Å². The van der Waals surface area contributed by atoms with Gasteiger partial charge >= 0.3 is 5.97 Å². The van der Waals surface area contributed by atoms with Gasteiger partial charge in [0.2, 0.25) is 0 Å². The Kier molecular flexibility index (Phi) is 4.01. The summed E-state index contributed by atoms with van der Waals surface area (Å²) in [7, 11) is 1.69. The predicted molar refractivity (Wildman–Crippen MR) is 68.7 cm³/mol. The molecule has 2 heterocycles. The van der Waals surface area contributed by atoms with E-state index < -0.39 is 5.97 Å². The summed E-state index contributed by atoms with van der Waals surface area (Å²) in [6.07, 6.45) is 3.34. The lowest BCUT2D eigenvalue weighted by Gasteiger charge is -2.31. The highest BCUT2D eigenvalue weighted by molar-refractivity contribution is 5.85. The number of hydrogen-bond acceptors (Lipinski definition) is 3. The molecule has 0 bridgehead atoms. The van der Waals surface area contributed by atoms with Gasteiger partial charge in [-0.1, -0.05) is 6.92 Å². The van der Waals surface area contributed by atoms with Crippen LogP contribution in [-0.2, 0) is 13.5 Å². The molecule has 0 radical (unpaired) electrons. The number of likely N-dealkylation sites (tertiary alicyclic amines) is 1. The summed E-state index contributed by atoms with van der Waals surface area (Å²) in [6.45, 7) is 5.58. The monoisotopic (exact) mass is 251 g/mol. The van der Waals surface area contributed by atoms with Crippen LogP contribution < -0.4 is 0 Å². The van der Waals surface area contributed by atoms with Crippen molar-refractivity contribution in [1.82, 2.24) is 14.7 Å². The van der Waals surface area contributed by atoms with Crippen LogP contribution in [0.25, 0.3) is 0 Å². The summed E-state index contributed by atoms with van der Waals surface area (Å²) >= 11 is 0. The van der Waals surface area contributed by atoms with Crippen molar-refractivity contribution in [2.45, 2.75) is 26.2 Å². The predicted octanol–water partition coefficient (Wildman–Crippen LogP) is 1.39. The van der Waals surface area contributed by atoms with Gasteiger partial charge in [0.05, 0.1) is 5.69 Å². The second-order valence-electron chi connectivity index (χ2n) is 5.06. The van der Waals surface area contributed by atoms with Gasteiger partial charge in [-0.2, -0.15) is 5.10 Å². The minimum absolute atomic E-state index is 0.271. The summed E-state index contributed by atoms with van der Waals surface area (Å²) in [4.78, 5) is 13.4. The number of carbonyl (C=O) groups is 1. The topological polar surface area (TPSA) is 58.4 Å². The van der Waals surface area contributed by atoms with E-state index in [0.717, 1.165) is 25.2 Å². The number of aryl methyl sites for hydroxylation is 1. The van der Waals surface area contributed by atoms with Crippen LogP contribution in [0.2, 0.25) is 0 Å². The molecule has 0 saturated carbocycles. The third-order valence-electron chi connectivity index (χ3n) is 3.70. The molecule has 0 spiro atoms. The first-order valence-corrected chi connectivity index (χ1v) is 6.58. The van der Waals surface area contributed by atoms with Crippen molar-refractivity contribution in [3.8, 4) is 0 Å². The molecule has 1 aromatic rings. The highest BCUT2D eigenvalue weighted by atomic mass is 16.4. The molecule has 0 aliphatic carbocycles. The van der Waals surface area contributed by atoms with E-state index in [2.05, 4.69) is 16.9 Å². The van der Waals surface area contributed by atoms with E-state index in [-0.39, 0.29) is 5.69 Å². The van der Waals surface area contributed by atoms with Crippen LogP contribution in [0, 0.1) is 5.92 Å². The van der Waals surface area contributed by atoms with E-state index >= 15 is 0 Å². The Bertz CT molecular complexity index is 428. The normalized spacial score (nSPS) is 21.1. The number of piperidine rings is 1. The van der Waals surface area contributed by atoms with E-state index in [1.807, 2.05) is 0 Å². The molecule has 18 heavy (non-hydrogen) atoms. The largest absolute Gasteiger partial charge is 0.477 e. The molecule has 2 rings (SSSR count). The SMILES string of the molecule is CCN1CCCC(Cc2cc(C(=O)O)n(C)n2)C1. The molecule has 1 N–H and O–H groups in total. The zero-order chi connectivity index (χ0) is 13.1. The highest BCUT2D eigenvalue weighted by Gasteiger charge is 2.21. The van der Waals surface area contributed by atoms with E-state index in [9.17, 15) is 4.79 Å². The third-order valence-corrected chi connectivity index (χ3v) is 3.70. The Labute approximate surface area is 107 Å². The Balaban J connectivity index is 2.00. The molecular formula is C13H21N3O2. The van der Waals surface area contributed by atoms with E-state index in [1.54, 1.807) is 13.1 Å². The lowest BCUT2D eigenvalue weighted by molar-refractivity contribution is 0.0685. The standard InChI is InChI=1S/C13H21N3O2/c1-3-16-6-4-5-10(9-16)7-11-8-12(13(17)18)15(2)14-11/h8,10H,3-7,9H2,1-2H3,(H,17,18). The summed E-state index contributed by atoms with van der Waals surface area (Å²) in [6, 6.07) is 1.70. The van der Waals surface area contributed by atoms with Gasteiger partial charge in [0.1, 0.15) is 5.69 Å². The summed E-state index contributed by atoms with van der Waals surface area (Å²) in [5.41, 5.74) is 1.17. The van der Waals surface area contributed by atoms with Crippen LogP contribution >= 0.6 is 0 Å². The first-order chi connectivity index (χ1) is 8.60. The maximum atomic E-state index is 11.0. The summed E-state index contributed by atoms with van der Waals surface area (Å²) in [5.74, 6) is -0.301. The average Bonchev–Trinajstić information content (AvgIpc) is 2.70. The molecule has 1 aliphatic rings. The van der Waals surface area contributed by atoms with Gasteiger partial charge in [0.25, 0.3) is 0 Å².